The van der Waals surface area contributed by atoms with Gasteiger partial charge in [0.2, 0.25) is 0 Å². The Morgan fingerprint density at radius 2 is 1.72 bits per heavy atom. The molecule has 5 atom stereocenters. The zero-order valence-corrected chi connectivity index (χ0v) is 30.4. The summed E-state index contributed by atoms with van der Waals surface area (Å²) in [4.78, 5) is 6.98. The number of thioether (sulfide) groups is 1. The van der Waals surface area contributed by atoms with E-state index >= 15 is 0 Å². The molecule has 2 N–H and O–H groups in total. The lowest BCUT2D eigenvalue weighted by Crippen LogP contribution is -2.57. The van der Waals surface area contributed by atoms with Crippen molar-refractivity contribution in [2.75, 3.05) is 0 Å². The van der Waals surface area contributed by atoms with Crippen LogP contribution >= 0.6 is 11.8 Å². The molecule has 2 heterocycles. The number of hydrogen-bond donors (Lipinski definition) is 2. The number of benzene rings is 1. The van der Waals surface area contributed by atoms with E-state index in [2.05, 4.69) is 126 Å². The largest absolute Gasteiger partial charge is 0.354 e. The van der Waals surface area contributed by atoms with Crippen LogP contribution in [0.25, 0.3) is 5.57 Å². The maximum atomic E-state index is 5.38. The van der Waals surface area contributed by atoms with Crippen molar-refractivity contribution in [1.82, 2.24) is 10.6 Å². The van der Waals surface area contributed by atoms with Crippen LogP contribution in [0.2, 0.25) is 0 Å². The Morgan fingerprint density at radius 1 is 0.840 bits per heavy atom. The molecule has 0 saturated carbocycles. The van der Waals surface area contributed by atoms with Crippen LogP contribution in [0.4, 0.5) is 0 Å². The van der Waals surface area contributed by atoms with E-state index in [0.29, 0.717) is 11.8 Å². The predicted molar refractivity (Wildman–Crippen MR) is 213 cm³/mol. The fourth-order valence-corrected chi connectivity index (χ4v) is 11.0. The zero-order chi connectivity index (χ0) is 33.5. The minimum atomic E-state index is 0.0585. The van der Waals surface area contributed by atoms with Crippen molar-refractivity contribution in [3.63, 3.8) is 0 Å². The number of hydrogen-bond acceptors (Lipinski definition) is 4. The number of nitrogens with one attached hydrogen (secondary N) is 2. The summed E-state index contributed by atoms with van der Waals surface area (Å²) < 4.78 is 0.147. The van der Waals surface area contributed by atoms with Crippen molar-refractivity contribution in [3.05, 3.63) is 147 Å². The third-order valence-electron chi connectivity index (χ3n) is 12.2. The maximum Gasteiger partial charge on any atom is 0.125 e. The minimum absolute atomic E-state index is 0.0585. The molecule has 1 aromatic carbocycles. The molecule has 5 unspecified atom stereocenters. The lowest BCUT2D eigenvalue weighted by Gasteiger charge is -2.40. The number of nitrogens with zero attached hydrogens (tertiary/aromatic N) is 1. The highest BCUT2D eigenvalue weighted by atomic mass is 32.2. The summed E-state index contributed by atoms with van der Waals surface area (Å²) in [5, 5.41) is 8.01. The van der Waals surface area contributed by atoms with Crippen LogP contribution in [0.5, 0.6) is 0 Å². The normalized spacial score (nSPS) is 32.3. The highest BCUT2D eigenvalue weighted by Crippen LogP contribution is 2.57. The van der Waals surface area contributed by atoms with Gasteiger partial charge in [-0.2, -0.15) is 0 Å². The van der Waals surface area contributed by atoms with E-state index in [0.717, 1.165) is 32.1 Å². The maximum absolute atomic E-state index is 5.38. The van der Waals surface area contributed by atoms with Crippen molar-refractivity contribution >= 4 is 23.2 Å². The minimum Gasteiger partial charge on any atom is -0.354 e. The lowest BCUT2D eigenvalue weighted by molar-refractivity contribution is 0.418. The molecule has 0 spiro atoms. The van der Waals surface area contributed by atoms with Crippen molar-refractivity contribution in [3.8, 4) is 0 Å². The lowest BCUT2D eigenvalue weighted by atomic mass is 9.71. The van der Waals surface area contributed by atoms with E-state index in [1.54, 1.807) is 10.5 Å². The first-order valence-corrected chi connectivity index (χ1v) is 20.3. The Balaban J connectivity index is 1.12. The van der Waals surface area contributed by atoms with Gasteiger partial charge in [0.15, 0.2) is 0 Å². The van der Waals surface area contributed by atoms with E-state index in [9.17, 15) is 0 Å². The monoisotopic (exact) mass is 677 g/mol. The number of amidine groups is 1. The van der Waals surface area contributed by atoms with Crippen LogP contribution in [0.3, 0.4) is 0 Å². The Labute approximate surface area is 303 Å². The van der Waals surface area contributed by atoms with Crippen LogP contribution in [0, 0.1) is 11.8 Å². The van der Waals surface area contributed by atoms with Gasteiger partial charge >= 0.3 is 0 Å². The van der Waals surface area contributed by atoms with Gasteiger partial charge in [0, 0.05) is 16.6 Å². The molecule has 256 valence electrons. The molecule has 1 aromatic rings. The standard InChI is InChI=1S/C46H51N3S/c1-46-28-27-34(30-41(46)39-23-13-14-24-42(39)50-46)40-29-35(25-26-38(40)37-22-12-11-21-36(37)31-15-5-2-6-16-31)45-48-43(32-17-7-3-8-18-32)47-44(49-45)33-19-9-4-10-20-33/h2,5-7,11,13,15-17,19,21,23,25-27,30,32,40,44-45,49H,3-4,8-10,12,14,18,20,22,24,28-29H2,1H3,(H,47,48). The van der Waals surface area contributed by atoms with Gasteiger partial charge in [-0.15, -0.1) is 11.8 Å². The number of fused-ring (bicyclic) bond motifs is 2. The van der Waals surface area contributed by atoms with Gasteiger partial charge in [-0.3, -0.25) is 5.32 Å². The van der Waals surface area contributed by atoms with E-state index < -0.39 is 0 Å². The van der Waals surface area contributed by atoms with Crippen LogP contribution in [-0.4, -0.2) is 22.9 Å². The Hall–Kier alpha value is -3.60. The summed E-state index contributed by atoms with van der Waals surface area (Å²) >= 11 is 2.13. The molecule has 9 rings (SSSR count). The van der Waals surface area contributed by atoms with Gasteiger partial charge in [0.1, 0.15) is 18.2 Å². The highest BCUT2D eigenvalue weighted by molar-refractivity contribution is 8.05. The number of aliphatic imine (C=N–C) groups is 1. The topological polar surface area (TPSA) is 36.4 Å². The summed E-state index contributed by atoms with van der Waals surface area (Å²) in [6.07, 6.45) is 42.3. The second kappa shape index (κ2) is 13.8. The third kappa shape index (κ3) is 6.17. The summed E-state index contributed by atoms with van der Waals surface area (Å²) in [6, 6.07) is 11.1. The van der Waals surface area contributed by atoms with Crippen LogP contribution in [-0.2, 0) is 0 Å². The highest BCUT2D eigenvalue weighted by Gasteiger charge is 2.43. The first-order valence-electron chi connectivity index (χ1n) is 19.5. The molecule has 3 nitrogen and oxygen atoms in total. The number of allylic oxidation sites excluding steroid dienone is 16. The van der Waals surface area contributed by atoms with E-state index in [4.69, 9.17) is 4.99 Å². The van der Waals surface area contributed by atoms with Gasteiger partial charge in [-0.25, -0.2) is 4.99 Å². The van der Waals surface area contributed by atoms with E-state index in [1.807, 2.05) is 0 Å². The summed E-state index contributed by atoms with van der Waals surface area (Å²) in [7, 11) is 0. The Kier molecular flexibility index (Phi) is 8.95. The summed E-state index contributed by atoms with van der Waals surface area (Å²) in [5.41, 5.74) is 13.3. The van der Waals surface area contributed by atoms with Crippen LogP contribution in [0.1, 0.15) is 96.0 Å². The fraction of sp³-hybridized carbons (Fsp3) is 0.413. The van der Waals surface area contributed by atoms with Gasteiger partial charge in [0.05, 0.1) is 0 Å². The van der Waals surface area contributed by atoms with E-state index in [-0.39, 0.29) is 17.1 Å². The SMILES string of the molecule is CC12CC=C(C3CC(C4NC(C5C=CCCC5)=NC(C5=CCCCC5)N4)=CC=C3C3=C(c4ccccc4)C=CCC3)C=C1C1=C(CCC=C1)S2. The molecule has 4 heteroatoms. The molecular formula is C46H51N3S. The van der Waals surface area contributed by atoms with Crippen molar-refractivity contribution in [2.24, 2.45) is 16.8 Å². The Morgan fingerprint density at radius 3 is 2.56 bits per heavy atom. The first-order chi connectivity index (χ1) is 24.6. The average Bonchev–Trinajstić information content (AvgIpc) is 3.50. The molecule has 8 aliphatic rings. The van der Waals surface area contributed by atoms with Crippen LogP contribution < -0.4 is 10.6 Å². The summed E-state index contributed by atoms with van der Waals surface area (Å²) in [6.45, 7) is 2.48. The Bertz CT molecular complexity index is 1890. The molecule has 0 saturated heterocycles. The predicted octanol–water partition coefficient (Wildman–Crippen LogP) is 11.1. The van der Waals surface area contributed by atoms with Crippen molar-refractivity contribution in [1.29, 1.82) is 0 Å². The molecule has 0 bridgehead atoms. The van der Waals surface area contributed by atoms with Gasteiger partial charge in [-0.1, -0.05) is 97.2 Å². The van der Waals surface area contributed by atoms with Gasteiger partial charge < -0.3 is 5.32 Å². The molecule has 0 aromatic heterocycles. The zero-order valence-electron chi connectivity index (χ0n) is 29.6. The van der Waals surface area contributed by atoms with Gasteiger partial charge in [0.25, 0.3) is 0 Å². The smallest absolute Gasteiger partial charge is 0.125 e. The summed E-state index contributed by atoms with van der Waals surface area (Å²) in [5.74, 6) is 1.87. The van der Waals surface area contributed by atoms with Crippen LogP contribution in [0.15, 0.2) is 146 Å². The quantitative estimate of drug-likeness (QED) is 0.294. The van der Waals surface area contributed by atoms with Gasteiger partial charge in [-0.05, 0) is 145 Å². The van der Waals surface area contributed by atoms with Crippen molar-refractivity contribution in [2.45, 2.75) is 107 Å². The number of rotatable bonds is 6. The van der Waals surface area contributed by atoms with Crippen molar-refractivity contribution < 1.29 is 0 Å². The molecular weight excluding hydrogens is 627 g/mol. The third-order valence-corrected chi connectivity index (χ3v) is 13.7. The second-order valence-electron chi connectivity index (χ2n) is 15.5. The first kappa shape index (κ1) is 32.3. The molecule has 6 aliphatic carbocycles. The molecule has 2 aliphatic heterocycles. The average molecular weight is 678 g/mol. The molecule has 50 heavy (non-hydrogen) atoms. The molecule has 0 amide bonds. The second-order valence-corrected chi connectivity index (χ2v) is 17.1. The molecule has 0 fully saturated rings. The molecule has 0 radical (unpaired) electrons. The fourth-order valence-electron chi connectivity index (χ4n) is 9.47. The van der Waals surface area contributed by atoms with E-state index in [1.165, 1.54) is 102 Å².